The van der Waals surface area contributed by atoms with Gasteiger partial charge in [0, 0.05) is 32.0 Å². The zero-order chi connectivity index (χ0) is 14.3. The molecule has 1 aliphatic carbocycles. The summed E-state index contributed by atoms with van der Waals surface area (Å²) in [4.78, 5) is 13.7. The number of ether oxygens (including phenoxy) is 2. The van der Waals surface area contributed by atoms with E-state index in [1.807, 2.05) is 20.8 Å². The third kappa shape index (κ3) is 2.72. The normalized spacial score (nSPS) is 30.1. The third-order valence-corrected chi connectivity index (χ3v) is 4.37. The van der Waals surface area contributed by atoms with Crippen LogP contribution in [0.4, 0.5) is 4.79 Å². The summed E-state index contributed by atoms with van der Waals surface area (Å²) in [5.74, 6) is 0. The third-order valence-electron chi connectivity index (χ3n) is 4.37. The second kappa shape index (κ2) is 4.94. The van der Waals surface area contributed by atoms with Crippen molar-refractivity contribution in [1.82, 2.24) is 4.90 Å². The van der Waals surface area contributed by atoms with Crippen molar-refractivity contribution in [3.63, 3.8) is 0 Å². The van der Waals surface area contributed by atoms with Crippen LogP contribution in [0.5, 0.6) is 0 Å². The number of aliphatic hydroxyl groups excluding tert-OH is 1. The molecule has 2 aliphatic rings. The molecular weight excluding hydrogens is 246 g/mol. The number of nitrogens with zero attached hydrogens (tertiary/aromatic N) is 1. The molecule has 0 aromatic rings. The fourth-order valence-corrected chi connectivity index (χ4v) is 3.14. The smallest absolute Gasteiger partial charge is 0.410 e. The molecule has 2 rings (SSSR count). The first-order valence-corrected chi connectivity index (χ1v) is 6.97. The van der Waals surface area contributed by atoms with Gasteiger partial charge in [-0.15, -0.1) is 0 Å². The second-order valence-electron chi connectivity index (χ2n) is 6.68. The lowest BCUT2D eigenvalue weighted by molar-refractivity contribution is -0.200. The molecule has 1 spiro atoms. The van der Waals surface area contributed by atoms with Crippen molar-refractivity contribution in [3.8, 4) is 0 Å². The Kier molecular flexibility index (Phi) is 3.80. The van der Waals surface area contributed by atoms with Crippen LogP contribution in [-0.4, -0.2) is 54.1 Å². The highest BCUT2D eigenvalue weighted by molar-refractivity contribution is 5.68. The maximum absolute atomic E-state index is 12.0. The molecule has 1 amide bonds. The number of rotatable bonds is 1. The number of piperidine rings is 1. The zero-order valence-electron chi connectivity index (χ0n) is 12.3. The van der Waals surface area contributed by atoms with E-state index in [1.54, 1.807) is 12.0 Å². The average Bonchev–Trinajstić information content (AvgIpc) is 2.33. The van der Waals surface area contributed by atoms with Crippen LogP contribution in [0, 0.1) is 5.41 Å². The maximum Gasteiger partial charge on any atom is 0.410 e. The highest BCUT2D eigenvalue weighted by Gasteiger charge is 2.56. The van der Waals surface area contributed by atoms with Crippen molar-refractivity contribution in [3.05, 3.63) is 0 Å². The fraction of sp³-hybridized carbons (Fsp3) is 0.929. The summed E-state index contributed by atoms with van der Waals surface area (Å²) in [5, 5.41) is 10.0. The van der Waals surface area contributed by atoms with Gasteiger partial charge in [0.1, 0.15) is 5.60 Å². The van der Waals surface area contributed by atoms with Crippen LogP contribution in [0.1, 0.15) is 40.0 Å². The molecule has 1 saturated carbocycles. The Morgan fingerprint density at radius 3 is 2.32 bits per heavy atom. The molecule has 19 heavy (non-hydrogen) atoms. The Labute approximate surface area is 114 Å². The van der Waals surface area contributed by atoms with E-state index in [0.29, 0.717) is 19.5 Å². The molecule has 1 heterocycles. The molecule has 1 saturated heterocycles. The van der Waals surface area contributed by atoms with E-state index in [-0.39, 0.29) is 23.7 Å². The number of hydrogen-bond donors (Lipinski definition) is 1. The number of methoxy groups -OCH3 is 1. The summed E-state index contributed by atoms with van der Waals surface area (Å²) >= 11 is 0. The fourth-order valence-electron chi connectivity index (χ4n) is 3.14. The quantitative estimate of drug-likeness (QED) is 0.790. The minimum atomic E-state index is -0.461. The minimum absolute atomic E-state index is 0.128. The van der Waals surface area contributed by atoms with Crippen LogP contribution in [0.2, 0.25) is 0 Å². The Balaban J connectivity index is 1.91. The van der Waals surface area contributed by atoms with E-state index in [2.05, 4.69) is 0 Å². The van der Waals surface area contributed by atoms with Gasteiger partial charge in [0.15, 0.2) is 0 Å². The van der Waals surface area contributed by atoms with Crippen molar-refractivity contribution in [2.45, 2.75) is 57.8 Å². The van der Waals surface area contributed by atoms with Crippen molar-refractivity contribution in [2.75, 3.05) is 20.2 Å². The van der Waals surface area contributed by atoms with E-state index >= 15 is 0 Å². The Morgan fingerprint density at radius 1 is 1.32 bits per heavy atom. The summed E-state index contributed by atoms with van der Waals surface area (Å²) in [5.41, 5.74) is -0.607. The Bertz CT molecular complexity index is 342. The first kappa shape index (κ1) is 14.6. The van der Waals surface area contributed by atoms with Gasteiger partial charge in [-0.2, -0.15) is 0 Å². The highest BCUT2D eigenvalue weighted by atomic mass is 16.6. The van der Waals surface area contributed by atoms with Crippen LogP contribution in [0.25, 0.3) is 0 Å². The first-order chi connectivity index (χ1) is 8.78. The Hall–Kier alpha value is -0.810. The lowest BCUT2D eigenvalue weighted by atomic mass is 9.58. The van der Waals surface area contributed by atoms with E-state index in [0.717, 1.165) is 12.8 Å². The molecule has 110 valence electrons. The summed E-state index contributed by atoms with van der Waals surface area (Å²) < 4.78 is 10.8. The monoisotopic (exact) mass is 271 g/mol. The minimum Gasteiger partial charge on any atom is -0.444 e. The molecule has 5 heteroatoms. The van der Waals surface area contributed by atoms with Crippen LogP contribution in [-0.2, 0) is 9.47 Å². The maximum atomic E-state index is 12.0. The zero-order valence-corrected chi connectivity index (χ0v) is 12.3. The number of carbonyl (C=O) groups excluding carboxylic acids is 1. The van der Waals surface area contributed by atoms with Gasteiger partial charge >= 0.3 is 6.09 Å². The lowest BCUT2D eigenvalue weighted by Crippen LogP contribution is -2.62. The van der Waals surface area contributed by atoms with Gasteiger partial charge < -0.3 is 19.5 Å². The topological polar surface area (TPSA) is 59.0 Å². The van der Waals surface area contributed by atoms with Gasteiger partial charge in [0.2, 0.25) is 0 Å². The van der Waals surface area contributed by atoms with Crippen LogP contribution in [0.15, 0.2) is 0 Å². The van der Waals surface area contributed by atoms with Gasteiger partial charge in [-0.1, -0.05) is 0 Å². The molecular formula is C14H25NO4. The van der Waals surface area contributed by atoms with Crippen LogP contribution < -0.4 is 0 Å². The van der Waals surface area contributed by atoms with Gasteiger partial charge in [-0.25, -0.2) is 4.79 Å². The van der Waals surface area contributed by atoms with E-state index in [9.17, 15) is 9.90 Å². The summed E-state index contributed by atoms with van der Waals surface area (Å²) in [7, 11) is 1.69. The molecule has 1 N–H and O–H groups in total. The molecule has 0 aromatic carbocycles. The Morgan fingerprint density at radius 2 is 1.89 bits per heavy atom. The first-order valence-electron chi connectivity index (χ1n) is 6.97. The molecule has 2 fully saturated rings. The molecule has 0 aromatic heterocycles. The molecule has 2 atom stereocenters. The van der Waals surface area contributed by atoms with Crippen molar-refractivity contribution in [1.29, 1.82) is 0 Å². The summed E-state index contributed by atoms with van der Waals surface area (Å²) in [6.07, 6.45) is 1.85. The summed E-state index contributed by atoms with van der Waals surface area (Å²) in [6.45, 7) is 6.87. The molecule has 0 radical (unpaired) electrons. The molecule has 5 nitrogen and oxygen atoms in total. The van der Waals surface area contributed by atoms with Crippen molar-refractivity contribution in [2.24, 2.45) is 5.41 Å². The van der Waals surface area contributed by atoms with E-state index < -0.39 is 5.60 Å². The number of hydrogen-bond acceptors (Lipinski definition) is 4. The number of aliphatic hydroxyl groups is 1. The average molecular weight is 271 g/mol. The van der Waals surface area contributed by atoms with Crippen molar-refractivity contribution < 1.29 is 19.4 Å². The van der Waals surface area contributed by atoms with Gasteiger partial charge in [0.05, 0.1) is 12.2 Å². The number of amides is 1. The second-order valence-corrected chi connectivity index (χ2v) is 6.68. The van der Waals surface area contributed by atoms with E-state index in [1.165, 1.54) is 0 Å². The molecule has 0 unspecified atom stereocenters. The SMILES string of the molecule is CO[C@@H]1C[C@H](O)C12CCN(C(=O)OC(C)(C)C)CC2. The highest BCUT2D eigenvalue weighted by Crippen LogP contribution is 2.50. The predicted octanol–water partition coefficient (Wildman–Crippen LogP) is 1.78. The predicted molar refractivity (Wildman–Crippen MR) is 70.9 cm³/mol. The van der Waals surface area contributed by atoms with E-state index in [4.69, 9.17) is 9.47 Å². The molecule has 1 aliphatic heterocycles. The number of carbonyl (C=O) groups is 1. The largest absolute Gasteiger partial charge is 0.444 e. The van der Waals surface area contributed by atoms with Crippen LogP contribution in [0.3, 0.4) is 0 Å². The van der Waals surface area contributed by atoms with Crippen molar-refractivity contribution >= 4 is 6.09 Å². The lowest BCUT2D eigenvalue weighted by Gasteiger charge is -2.56. The van der Waals surface area contributed by atoms with Crippen LogP contribution >= 0.6 is 0 Å². The number of likely N-dealkylation sites (tertiary alicyclic amines) is 1. The summed E-state index contributed by atoms with van der Waals surface area (Å²) in [6, 6.07) is 0. The van der Waals surface area contributed by atoms with Gasteiger partial charge in [-0.05, 0) is 33.6 Å². The molecule has 0 bridgehead atoms. The standard InChI is InChI=1S/C14H25NO4/c1-13(2,3)19-12(17)15-7-5-14(6-8-15)10(16)9-11(14)18-4/h10-11,16H,5-9H2,1-4H3/t10-,11+/m0/s1. The van der Waals surface area contributed by atoms with Gasteiger partial charge in [-0.3, -0.25) is 0 Å². The van der Waals surface area contributed by atoms with Gasteiger partial charge in [0.25, 0.3) is 0 Å².